The van der Waals surface area contributed by atoms with Crippen LogP contribution in [0.4, 0.5) is 56.4 Å². The number of hydrogen-bond donors (Lipinski definition) is 8. The molecule has 0 radical (unpaired) electrons. The molecule has 11 heterocycles. The number of halogens is 4. The van der Waals surface area contributed by atoms with Crippen LogP contribution < -0.4 is 38.3 Å². The number of nitrogen functional groups attached to an aromatic ring is 3. The SMILES string of the molecule is C#C[C@]1(CO)O[C@@H](n2cnc3c(N)nc(F)nc32)C[C@@H]1O.C#C[C@]1(COC(=O)OCc2oc(=O)oc2C)O[C@@H](n2cnc3c(N)nc(F)nc32)C[C@@H]1O.C#C[C@]1(COC(=O)Oc2ccc([N+](=O)[O-])cc2)O[C@@H](n2cnc3c(N)nc(F)nc32)C[C@@H]1O.Cc1oc(=O)oc1CO.O=C(Cl)Oc1ccc([N+](=O)[O-])cc1. The summed E-state index contributed by atoms with van der Waals surface area (Å²) in [5, 5.41) is 69.7. The second kappa shape index (κ2) is 33.3. The van der Waals surface area contributed by atoms with Crippen LogP contribution in [-0.2, 0) is 41.6 Å². The Balaban J connectivity index is 0.000000166. The average Bonchev–Trinajstić information content (AvgIpc) is 1.62. The zero-order chi connectivity index (χ0) is 78.7. The van der Waals surface area contributed by atoms with Crippen molar-refractivity contribution in [2.45, 2.75) is 100 Å². The summed E-state index contributed by atoms with van der Waals surface area (Å²) < 4.78 is 104. The molecule has 3 saturated heterocycles. The minimum Gasteiger partial charge on any atom is -0.430 e. The maximum atomic E-state index is 13.6. The van der Waals surface area contributed by atoms with Crippen LogP contribution in [0.15, 0.2) is 94.8 Å². The van der Waals surface area contributed by atoms with Crippen molar-refractivity contribution in [2.75, 3.05) is 37.0 Å². The third kappa shape index (κ3) is 17.8. The first kappa shape index (κ1) is 78.9. The van der Waals surface area contributed by atoms with Gasteiger partial charge in [-0.3, -0.25) is 33.9 Å². The first-order chi connectivity index (χ1) is 51.3. The molecule has 8 aromatic heterocycles. The smallest absolute Gasteiger partial charge is 0.430 e. The highest BCUT2D eigenvalue weighted by Gasteiger charge is 2.52. The van der Waals surface area contributed by atoms with Gasteiger partial charge in [-0.25, -0.2) is 38.9 Å². The lowest BCUT2D eigenvalue weighted by atomic mass is 9.99. The van der Waals surface area contributed by atoms with Crippen LogP contribution in [0.5, 0.6) is 11.5 Å². The molecule has 43 nitrogen and oxygen atoms in total. The molecule has 3 aliphatic heterocycles. The maximum absolute atomic E-state index is 13.6. The minimum atomic E-state index is -1.74. The molecular formula is C61H53ClF3N17O26. The summed E-state index contributed by atoms with van der Waals surface area (Å²) in [4.78, 5) is 108. The molecule has 11 N–H and O–H groups in total. The van der Waals surface area contributed by atoms with Gasteiger partial charge in [-0.2, -0.15) is 43.1 Å². The van der Waals surface area contributed by atoms with Gasteiger partial charge in [0.05, 0.1) is 35.4 Å². The number of anilines is 3. The monoisotopic (exact) mass is 1530 g/mol. The summed E-state index contributed by atoms with van der Waals surface area (Å²) in [5.74, 6) is 5.54. The molecule has 566 valence electrons. The first-order valence-corrected chi connectivity index (χ1v) is 30.5. The second-order valence-electron chi connectivity index (χ2n) is 22.2. The van der Waals surface area contributed by atoms with Gasteiger partial charge in [-0.15, -0.1) is 19.3 Å². The van der Waals surface area contributed by atoms with E-state index in [1.54, 1.807) is 6.92 Å². The Morgan fingerprint density at radius 3 is 1.24 bits per heavy atom. The predicted octanol–water partition coefficient (Wildman–Crippen LogP) is 3.29. The van der Waals surface area contributed by atoms with Gasteiger partial charge in [0.15, 0.2) is 91.6 Å². The number of non-ortho nitro benzene ring substituents is 2. The second-order valence-corrected chi connectivity index (χ2v) is 22.5. The van der Waals surface area contributed by atoms with Gasteiger partial charge < -0.3 is 98.3 Å². The lowest BCUT2D eigenvalue weighted by molar-refractivity contribution is -0.385. The zero-order valence-electron chi connectivity index (χ0n) is 55.0. The fourth-order valence-electron chi connectivity index (χ4n) is 10.1. The molecule has 0 aliphatic carbocycles. The van der Waals surface area contributed by atoms with Crippen molar-refractivity contribution in [2.24, 2.45) is 0 Å². The van der Waals surface area contributed by atoms with Crippen LogP contribution in [0.2, 0.25) is 0 Å². The lowest BCUT2D eigenvalue weighted by Gasteiger charge is -2.25. The van der Waals surface area contributed by atoms with E-state index in [2.05, 4.69) is 80.6 Å². The number of fused-ring (bicyclic) bond motifs is 3. The molecule has 13 rings (SSSR count). The Morgan fingerprint density at radius 1 is 0.574 bits per heavy atom. The van der Waals surface area contributed by atoms with E-state index >= 15 is 0 Å². The number of aromatic nitrogens is 12. The number of aliphatic hydroxyl groups is 5. The number of nitrogens with two attached hydrogens (primary N) is 3. The van der Waals surface area contributed by atoms with Crippen molar-refractivity contribution in [1.82, 2.24) is 58.6 Å². The first-order valence-electron chi connectivity index (χ1n) is 30.2. The summed E-state index contributed by atoms with van der Waals surface area (Å²) in [6, 6.07) is 9.73. The summed E-state index contributed by atoms with van der Waals surface area (Å²) in [7, 11) is 0. The molecule has 0 bridgehead atoms. The van der Waals surface area contributed by atoms with Crippen LogP contribution in [0, 0.1) is 89.3 Å². The molecule has 108 heavy (non-hydrogen) atoms. The molecule has 3 fully saturated rings. The van der Waals surface area contributed by atoms with Crippen LogP contribution >= 0.6 is 11.6 Å². The maximum Gasteiger partial charge on any atom is 0.519 e. The average molecular weight is 1530 g/mol. The number of rotatable bonds is 15. The fourth-order valence-corrected chi connectivity index (χ4v) is 10.2. The molecule has 0 spiro atoms. The number of aliphatic hydroxyl groups excluding tert-OH is 5. The number of carbonyl (C=O) groups is 3. The summed E-state index contributed by atoms with van der Waals surface area (Å²) in [6.45, 7) is 0.611. The van der Waals surface area contributed by atoms with Gasteiger partial charge in [-0.05, 0) is 38.1 Å². The summed E-state index contributed by atoms with van der Waals surface area (Å²) in [5.41, 5.74) is 11.4. The minimum absolute atomic E-state index is 0.00434. The Kier molecular flexibility index (Phi) is 24.3. The largest absolute Gasteiger partial charge is 0.519 e. The predicted molar refractivity (Wildman–Crippen MR) is 349 cm³/mol. The Labute approximate surface area is 602 Å². The Bertz CT molecular complexity index is 5270. The van der Waals surface area contributed by atoms with Crippen LogP contribution in [0.1, 0.15) is 61.0 Å². The number of nitro benzene ring substituents is 2. The van der Waals surface area contributed by atoms with Gasteiger partial charge in [0.1, 0.15) is 74.1 Å². The molecule has 10 aromatic rings. The third-order valence-electron chi connectivity index (χ3n) is 15.5. The molecule has 0 amide bonds. The molecule has 9 atom stereocenters. The van der Waals surface area contributed by atoms with Crippen molar-refractivity contribution in [3.05, 3.63) is 150 Å². The van der Waals surface area contributed by atoms with E-state index in [9.17, 15) is 77.8 Å². The molecule has 0 unspecified atom stereocenters. The van der Waals surface area contributed by atoms with E-state index in [1.807, 2.05) is 0 Å². The quantitative estimate of drug-likeness (QED) is 0.0139. The van der Waals surface area contributed by atoms with E-state index in [1.165, 1.54) is 76.0 Å². The van der Waals surface area contributed by atoms with Gasteiger partial charge in [0.2, 0.25) is 0 Å². The van der Waals surface area contributed by atoms with Crippen molar-refractivity contribution in [3.8, 4) is 48.5 Å². The highest BCUT2D eigenvalue weighted by atomic mass is 35.5. The van der Waals surface area contributed by atoms with E-state index in [-0.39, 0.29) is 117 Å². The Morgan fingerprint density at radius 2 is 0.926 bits per heavy atom. The van der Waals surface area contributed by atoms with E-state index in [4.69, 9.17) is 90.8 Å². The number of imidazole rings is 3. The van der Waals surface area contributed by atoms with E-state index in [0.717, 1.165) is 12.1 Å². The van der Waals surface area contributed by atoms with Crippen LogP contribution in [0.3, 0.4) is 0 Å². The van der Waals surface area contributed by atoms with Gasteiger partial charge in [0.25, 0.3) is 11.4 Å². The van der Waals surface area contributed by atoms with Gasteiger partial charge in [0, 0.05) is 55.1 Å². The number of aryl methyl sites for hydroxylation is 2. The van der Waals surface area contributed by atoms with E-state index < -0.39 is 138 Å². The van der Waals surface area contributed by atoms with Crippen LogP contribution in [-0.4, -0.2) is 167 Å². The normalized spacial score (nSPS) is 21.0. The fraction of sp³-hybridized carbons (Fsp3) is 0.311. The van der Waals surface area contributed by atoms with Crippen molar-refractivity contribution >= 4 is 91.7 Å². The zero-order valence-corrected chi connectivity index (χ0v) is 55.8. The number of nitrogens with zero attached hydrogens (tertiary/aromatic N) is 14. The molecular weight excluding hydrogens is 1480 g/mol. The van der Waals surface area contributed by atoms with Crippen molar-refractivity contribution < 1.29 is 118 Å². The third-order valence-corrected chi connectivity index (χ3v) is 15.6. The number of nitro groups is 2. The molecule has 3 aliphatic rings. The number of ether oxygens (including phenoxy) is 8. The number of hydrogen-bond acceptors (Lipinski definition) is 38. The van der Waals surface area contributed by atoms with Crippen molar-refractivity contribution in [1.29, 1.82) is 0 Å². The lowest BCUT2D eigenvalue weighted by Crippen LogP contribution is -2.43. The number of carbonyl (C=O) groups excluding carboxylic acids is 3. The summed E-state index contributed by atoms with van der Waals surface area (Å²) >= 11 is 4.92. The molecule has 47 heteroatoms. The summed E-state index contributed by atoms with van der Waals surface area (Å²) in [6.07, 6.45) is 8.69. The number of benzene rings is 2. The molecule has 0 saturated carbocycles. The van der Waals surface area contributed by atoms with E-state index in [0.29, 0.717) is 5.76 Å². The Hall–Kier alpha value is -13.2. The highest BCUT2D eigenvalue weighted by molar-refractivity contribution is 6.61. The highest BCUT2D eigenvalue weighted by Crippen LogP contribution is 2.41. The topological polar surface area (TPSA) is 608 Å². The standard InChI is InChI=1S/C19H15FN6O7.C18H16FN5O8.C12H12FN5O3.C7H4ClNO4.C5H6O4/c1-2-19(8-31-18(28)32-11-5-3-10(4-6-11)26(29)30)12(27)7-13(33-19)25-9-22-14-15(21)23-17(20)24-16(14)25;1-3-18(6-29-16(26)28-5-9-8(2)30-17(27)31-9)10(25)4-11(32-18)24-7-21-12-13(20)22-15(19)23-14(12)24;1-2-12(4-19)6(20)3-7(21-12)18-5-15-8-9(14)16-11(13)17-10(8)18;8-7(10)13-6-3-1-5(2-4-6)9(11)12;1-3-4(2-6)9-5(7)8-3/h1,3-6,9,12-13,27H,7-8H2,(H2,21,23,24);1,7,10-11,25H,4-6H2,2H3,(H2,20,22,23);1,5-7,19-20H,3-4H2,(H2,14,16,17);1-4H;6H,2H2,1H3/t12-,13+,19+;10-,11+,18+;6-,7+,12+;;/m000../s1. The molecule has 2 aromatic carbocycles. The number of terminal acetylenes is 3. The van der Waals surface area contributed by atoms with Gasteiger partial charge >= 0.3 is 47.6 Å². The van der Waals surface area contributed by atoms with Crippen LogP contribution in [0.25, 0.3) is 33.5 Å². The van der Waals surface area contributed by atoms with Crippen molar-refractivity contribution in [3.63, 3.8) is 0 Å². The van der Waals surface area contributed by atoms with Gasteiger partial charge in [-0.1, -0.05) is 17.8 Å².